The van der Waals surface area contributed by atoms with Crippen LogP contribution in [0.15, 0.2) is 97.6 Å². The second-order valence-electron chi connectivity index (χ2n) is 7.40. The largest absolute Gasteiger partial charge is 2.00 e. The Labute approximate surface area is 235 Å². The average molecular weight is 571 g/mol. The molecule has 35 heavy (non-hydrogen) atoms. The number of hydrogen-bond donors (Lipinski definition) is 0. The predicted molar refractivity (Wildman–Crippen MR) is 133 cm³/mol. The first-order valence-corrected chi connectivity index (χ1v) is 10.4. The van der Waals surface area contributed by atoms with Gasteiger partial charge in [0.1, 0.15) is 0 Å². The minimum absolute atomic E-state index is 0. The van der Waals surface area contributed by atoms with Crippen LogP contribution in [0.25, 0.3) is 0 Å². The van der Waals surface area contributed by atoms with E-state index >= 15 is 0 Å². The third kappa shape index (κ3) is 11.4. The zero-order chi connectivity index (χ0) is 21.1. The maximum Gasteiger partial charge on any atom is 2.00 e. The Morgan fingerprint density at radius 2 is 0.686 bits per heavy atom. The summed E-state index contributed by atoms with van der Waals surface area (Å²) in [4.78, 5) is 22.8. The molecule has 0 saturated heterocycles. The van der Waals surface area contributed by atoms with Crippen LogP contribution in [0.5, 0.6) is 0 Å². The van der Waals surface area contributed by atoms with E-state index < -0.39 is 0 Å². The molecule has 0 aliphatic carbocycles. The van der Waals surface area contributed by atoms with Gasteiger partial charge in [-0.2, -0.15) is 0 Å². The zero-order valence-electron chi connectivity index (χ0n) is 20.9. The van der Waals surface area contributed by atoms with Gasteiger partial charge in [-0.15, -0.1) is 0 Å². The molecule has 4 heterocycles. The number of aromatic nitrogens is 4. The maximum atomic E-state index is 4.53. The van der Waals surface area contributed by atoms with Gasteiger partial charge in [0.05, 0.1) is 29.4 Å². The second-order valence-corrected chi connectivity index (χ2v) is 7.40. The minimum atomic E-state index is 0. The Morgan fingerprint density at radius 1 is 0.429 bits per heavy atom. The number of rotatable bonds is 10. The van der Waals surface area contributed by atoms with Crippen LogP contribution in [-0.2, 0) is 65.1 Å². The first-order chi connectivity index (χ1) is 15.3. The maximum absolute atomic E-state index is 4.53. The first-order valence-electron chi connectivity index (χ1n) is 10.4. The monoisotopic (exact) mass is 568 g/mol. The van der Waals surface area contributed by atoms with Crippen molar-refractivity contribution in [2.75, 3.05) is 6.67 Å². The van der Waals surface area contributed by atoms with Crippen molar-refractivity contribution in [3.63, 3.8) is 0 Å². The van der Waals surface area contributed by atoms with Crippen molar-refractivity contribution in [3.8, 4) is 0 Å². The summed E-state index contributed by atoms with van der Waals surface area (Å²) < 4.78 is 0. The van der Waals surface area contributed by atoms with Gasteiger partial charge < -0.3 is 14.9 Å². The number of nitrogens with zero attached hydrogens (tertiary/aromatic N) is 6. The van der Waals surface area contributed by atoms with Crippen LogP contribution in [0.4, 0.5) is 0 Å². The van der Waals surface area contributed by atoms with Crippen molar-refractivity contribution in [2.45, 2.75) is 26.2 Å². The number of pyridine rings is 4. The molecule has 0 unspecified atom stereocenters. The molecule has 4 rings (SSSR count). The molecule has 0 aromatic carbocycles. The molecule has 6 nitrogen and oxygen atoms in total. The molecule has 0 spiro atoms. The summed E-state index contributed by atoms with van der Waals surface area (Å²) in [5.74, 6) is 0. The molecular formula is C27H32N6Zn2+2. The molecule has 4 aromatic heterocycles. The molecular weight excluding hydrogens is 539 g/mol. The van der Waals surface area contributed by atoms with Gasteiger partial charge in [-0.25, -0.2) is 0 Å². The average Bonchev–Trinajstić information content (AvgIpc) is 2.82. The van der Waals surface area contributed by atoms with Crippen LogP contribution in [0.3, 0.4) is 0 Å². The van der Waals surface area contributed by atoms with Crippen LogP contribution >= 0.6 is 0 Å². The Kier molecular flexibility index (Phi) is 16.9. The minimum Gasteiger partial charge on any atom is -0.358 e. The summed E-state index contributed by atoms with van der Waals surface area (Å²) >= 11 is 0. The van der Waals surface area contributed by atoms with E-state index in [-0.39, 0.29) is 53.8 Å². The molecule has 172 valence electrons. The standard InChI is InChI=1S/C25H26N6.2CH3.2Zn/c1-5-13-26-22(9-1)17-30(18-23-10-2-6-14-27-23)21-31(19-24-11-3-7-15-28-24)20-25-12-4-8-16-29-25;;;;/h1-16H,17-21H2;2*1H3;;/q;2*-1;2*+2. The SMILES string of the molecule is [CH3-].[CH3-].[Zn+2].[Zn+2].c1ccc(CN(Cc2ccccn2)CN(Cc2ccccn2)Cc2ccccn2)nc1. The third-order valence-electron chi connectivity index (χ3n) is 4.85. The zero-order valence-corrected chi connectivity index (χ0v) is 26.8. The summed E-state index contributed by atoms with van der Waals surface area (Å²) in [6.45, 7) is 3.67. The van der Waals surface area contributed by atoms with Gasteiger partial charge in [0.15, 0.2) is 0 Å². The Balaban J connectivity index is 0.00000289. The Bertz CT molecular complexity index is 856. The van der Waals surface area contributed by atoms with Crippen LogP contribution < -0.4 is 0 Å². The summed E-state index contributed by atoms with van der Waals surface area (Å²) in [6, 6.07) is 24.1. The van der Waals surface area contributed by atoms with E-state index in [1.54, 1.807) is 0 Å². The third-order valence-corrected chi connectivity index (χ3v) is 4.85. The summed E-state index contributed by atoms with van der Waals surface area (Å²) in [5.41, 5.74) is 4.14. The van der Waals surface area contributed by atoms with E-state index in [1.165, 1.54) is 0 Å². The van der Waals surface area contributed by atoms with Crippen molar-refractivity contribution in [2.24, 2.45) is 0 Å². The summed E-state index contributed by atoms with van der Waals surface area (Å²) in [5, 5.41) is 0. The quantitative estimate of drug-likeness (QED) is 0.155. The van der Waals surface area contributed by atoms with Crippen molar-refractivity contribution < 1.29 is 39.0 Å². The van der Waals surface area contributed by atoms with Crippen molar-refractivity contribution in [3.05, 3.63) is 135 Å². The molecule has 8 heteroatoms. The predicted octanol–water partition coefficient (Wildman–Crippen LogP) is 4.82. The molecule has 0 radical (unpaired) electrons. The van der Waals surface area contributed by atoms with Crippen LogP contribution in [0, 0.1) is 14.9 Å². The fourth-order valence-electron chi connectivity index (χ4n) is 3.48. The topological polar surface area (TPSA) is 58.0 Å². The molecule has 0 amide bonds. The summed E-state index contributed by atoms with van der Waals surface area (Å²) in [7, 11) is 0. The Hall–Kier alpha value is -2.23. The van der Waals surface area contributed by atoms with E-state index in [0.29, 0.717) is 0 Å². The van der Waals surface area contributed by atoms with Crippen LogP contribution in [0.2, 0.25) is 0 Å². The van der Waals surface area contributed by atoms with Crippen LogP contribution in [0.1, 0.15) is 22.8 Å². The van der Waals surface area contributed by atoms with Crippen molar-refractivity contribution in [1.82, 2.24) is 29.7 Å². The molecule has 4 aromatic rings. The Morgan fingerprint density at radius 3 is 0.886 bits per heavy atom. The molecule has 0 bridgehead atoms. The molecule has 0 atom stereocenters. The van der Waals surface area contributed by atoms with E-state index in [1.807, 2.05) is 73.3 Å². The van der Waals surface area contributed by atoms with Gasteiger partial charge in [0.25, 0.3) is 0 Å². The second kappa shape index (κ2) is 18.1. The molecule has 0 N–H and O–H groups in total. The fraction of sp³-hybridized carbons (Fsp3) is 0.185. The fourth-order valence-corrected chi connectivity index (χ4v) is 3.48. The van der Waals surface area contributed by atoms with Crippen molar-refractivity contribution in [1.29, 1.82) is 0 Å². The van der Waals surface area contributed by atoms with Gasteiger partial charge >= 0.3 is 39.0 Å². The molecule has 0 aliphatic heterocycles. The molecule has 0 saturated carbocycles. The normalized spacial score (nSPS) is 9.89. The van der Waals surface area contributed by atoms with E-state index in [2.05, 4.69) is 54.0 Å². The van der Waals surface area contributed by atoms with Gasteiger partial charge in [-0.1, -0.05) is 24.3 Å². The van der Waals surface area contributed by atoms with Crippen LogP contribution in [-0.4, -0.2) is 36.4 Å². The van der Waals surface area contributed by atoms with Gasteiger partial charge in [-0.05, 0) is 48.5 Å². The van der Waals surface area contributed by atoms with Crippen molar-refractivity contribution >= 4 is 0 Å². The van der Waals surface area contributed by atoms with Gasteiger partial charge in [0, 0.05) is 51.0 Å². The van der Waals surface area contributed by atoms with E-state index in [0.717, 1.165) is 55.6 Å². The molecule has 0 fully saturated rings. The smallest absolute Gasteiger partial charge is 0.358 e. The first kappa shape index (κ1) is 32.8. The number of hydrogen-bond acceptors (Lipinski definition) is 6. The van der Waals surface area contributed by atoms with Gasteiger partial charge in [-0.3, -0.25) is 29.7 Å². The molecule has 0 aliphatic rings. The summed E-state index contributed by atoms with van der Waals surface area (Å²) in [6.07, 6.45) is 7.36. The van der Waals surface area contributed by atoms with E-state index in [4.69, 9.17) is 0 Å². The van der Waals surface area contributed by atoms with E-state index in [9.17, 15) is 0 Å². The van der Waals surface area contributed by atoms with Gasteiger partial charge in [0.2, 0.25) is 0 Å².